The van der Waals surface area contributed by atoms with E-state index in [-0.39, 0.29) is 5.41 Å². The second kappa shape index (κ2) is 6.64. The molecule has 1 unspecified atom stereocenters. The van der Waals surface area contributed by atoms with Gasteiger partial charge in [-0.1, -0.05) is 6.92 Å². The molecular formula is C14H26N2O2. The number of piperazine rings is 1. The third-order valence-electron chi connectivity index (χ3n) is 4.15. The first kappa shape index (κ1) is 14.0. The summed E-state index contributed by atoms with van der Waals surface area (Å²) in [6.07, 6.45) is 4.39. The molecule has 2 aliphatic heterocycles. The van der Waals surface area contributed by atoms with Crippen molar-refractivity contribution in [1.29, 1.82) is 0 Å². The predicted octanol–water partition coefficient (Wildman–Crippen LogP) is 1.01. The molecule has 2 heterocycles. The molecule has 2 saturated heterocycles. The lowest BCUT2D eigenvalue weighted by Gasteiger charge is -2.40. The van der Waals surface area contributed by atoms with Gasteiger partial charge in [0.2, 0.25) is 0 Å². The first-order chi connectivity index (χ1) is 8.78. The molecule has 18 heavy (non-hydrogen) atoms. The van der Waals surface area contributed by atoms with Gasteiger partial charge in [0.1, 0.15) is 6.29 Å². The Morgan fingerprint density at radius 3 is 2.50 bits per heavy atom. The molecule has 2 rings (SSSR count). The van der Waals surface area contributed by atoms with Crippen molar-refractivity contribution in [3.05, 3.63) is 0 Å². The van der Waals surface area contributed by atoms with Crippen molar-refractivity contribution in [2.45, 2.75) is 26.2 Å². The fraction of sp³-hybridized carbons (Fsp3) is 0.929. The maximum Gasteiger partial charge on any atom is 0.129 e. The van der Waals surface area contributed by atoms with Crippen molar-refractivity contribution in [2.24, 2.45) is 5.41 Å². The summed E-state index contributed by atoms with van der Waals surface area (Å²) < 4.78 is 5.51. The highest BCUT2D eigenvalue weighted by atomic mass is 16.5. The normalized spacial score (nSPS) is 31.4. The second-order valence-corrected chi connectivity index (χ2v) is 5.75. The Morgan fingerprint density at radius 2 is 1.94 bits per heavy atom. The number of nitrogens with zero attached hydrogens (tertiary/aromatic N) is 2. The van der Waals surface area contributed by atoms with Crippen LogP contribution in [-0.4, -0.2) is 68.6 Å². The minimum Gasteiger partial charge on any atom is -0.380 e. The number of rotatable bonds is 5. The first-order valence-electron chi connectivity index (χ1n) is 7.27. The van der Waals surface area contributed by atoms with Crippen LogP contribution in [0.1, 0.15) is 26.2 Å². The highest BCUT2D eigenvalue weighted by Gasteiger charge is 2.35. The summed E-state index contributed by atoms with van der Waals surface area (Å²) in [4.78, 5) is 16.4. The molecule has 0 bridgehead atoms. The molecule has 0 aliphatic carbocycles. The van der Waals surface area contributed by atoms with E-state index in [1.165, 1.54) is 13.0 Å². The van der Waals surface area contributed by atoms with E-state index in [4.69, 9.17) is 4.74 Å². The Bertz CT molecular complexity index is 257. The fourth-order valence-electron chi connectivity index (χ4n) is 3.06. The van der Waals surface area contributed by atoms with Gasteiger partial charge in [0.25, 0.3) is 0 Å². The minimum atomic E-state index is -0.231. The molecule has 0 aromatic carbocycles. The molecule has 4 heteroatoms. The van der Waals surface area contributed by atoms with Gasteiger partial charge in [-0.2, -0.15) is 0 Å². The summed E-state index contributed by atoms with van der Waals surface area (Å²) in [5.74, 6) is 0. The second-order valence-electron chi connectivity index (χ2n) is 5.75. The molecule has 0 spiro atoms. The van der Waals surface area contributed by atoms with Crippen LogP contribution in [0.25, 0.3) is 0 Å². The maximum absolute atomic E-state index is 11.4. The first-order valence-corrected chi connectivity index (χ1v) is 7.27. The number of ether oxygens (including phenoxy) is 1. The number of hydrogen-bond acceptors (Lipinski definition) is 4. The summed E-state index contributed by atoms with van der Waals surface area (Å²) in [5, 5.41) is 0. The molecule has 0 aromatic heterocycles. The van der Waals surface area contributed by atoms with E-state index in [1.807, 2.05) is 0 Å². The zero-order valence-electron chi connectivity index (χ0n) is 11.6. The molecule has 104 valence electrons. The zero-order valence-corrected chi connectivity index (χ0v) is 11.6. The van der Waals surface area contributed by atoms with E-state index in [0.717, 1.165) is 58.5 Å². The third-order valence-corrected chi connectivity index (χ3v) is 4.15. The molecule has 4 nitrogen and oxygen atoms in total. The average Bonchev–Trinajstić information content (AvgIpc) is 2.42. The van der Waals surface area contributed by atoms with E-state index in [1.54, 1.807) is 0 Å². The number of carbonyl (C=O) groups is 1. The number of hydrogen-bond donors (Lipinski definition) is 0. The summed E-state index contributed by atoms with van der Waals surface area (Å²) in [5.41, 5.74) is -0.231. The topological polar surface area (TPSA) is 32.8 Å². The van der Waals surface area contributed by atoms with Crippen molar-refractivity contribution in [2.75, 3.05) is 52.5 Å². The molecule has 0 N–H and O–H groups in total. The van der Waals surface area contributed by atoms with Gasteiger partial charge in [-0.25, -0.2) is 0 Å². The Kier molecular flexibility index (Phi) is 5.15. The predicted molar refractivity (Wildman–Crippen MR) is 71.7 cm³/mol. The van der Waals surface area contributed by atoms with Crippen LogP contribution in [-0.2, 0) is 9.53 Å². The van der Waals surface area contributed by atoms with Crippen molar-refractivity contribution in [1.82, 2.24) is 9.80 Å². The molecule has 0 radical (unpaired) electrons. The van der Waals surface area contributed by atoms with Crippen LogP contribution in [0.2, 0.25) is 0 Å². The summed E-state index contributed by atoms with van der Waals surface area (Å²) >= 11 is 0. The average molecular weight is 254 g/mol. The van der Waals surface area contributed by atoms with Crippen LogP contribution in [0.3, 0.4) is 0 Å². The van der Waals surface area contributed by atoms with Crippen molar-refractivity contribution >= 4 is 6.29 Å². The lowest BCUT2D eigenvalue weighted by atomic mass is 9.83. The lowest BCUT2D eigenvalue weighted by Crippen LogP contribution is -2.52. The van der Waals surface area contributed by atoms with Crippen LogP contribution < -0.4 is 0 Å². The van der Waals surface area contributed by atoms with Gasteiger partial charge in [-0.15, -0.1) is 0 Å². The van der Waals surface area contributed by atoms with E-state index in [9.17, 15) is 4.79 Å². The maximum atomic E-state index is 11.4. The quantitative estimate of drug-likeness (QED) is 0.686. The molecule has 0 aromatic rings. The highest BCUT2D eigenvalue weighted by Crippen LogP contribution is 2.27. The fourth-order valence-corrected chi connectivity index (χ4v) is 3.06. The molecule has 0 amide bonds. The van der Waals surface area contributed by atoms with Gasteiger partial charge >= 0.3 is 0 Å². The van der Waals surface area contributed by atoms with E-state index in [2.05, 4.69) is 16.7 Å². The van der Waals surface area contributed by atoms with Gasteiger partial charge in [0, 0.05) is 39.3 Å². The Hall–Kier alpha value is -0.450. The largest absolute Gasteiger partial charge is 0.380 e. The van der Waals surface area contributed by atoms with Crippen LogP contribution in [0, 0.1) is 5.41 Å². The van der Waals surface area contributed by atoms with Crippen molar-refractivity contribution in [3.63, 3.8) is 0 Å². The smallest absolute Gasteiger partial charge is 0.129 e. The van der Waals surface area contributed by atoms with Gasteiger partial charge < -0.3 is 14.4 Å². The van der Waals surface area contributed by atoms with E-state index in [0.29, 0.717) is 6.61 Å². The Labute approximate surface area is 110 Å². The van der Waals surface area contributed by atoms with Gasteiger partial charge in [-0.05, 0) is 25.8 Å². The van der Waals surface area contributed by atoms with E-state index >= 15 is 0 Å². The standard InChI is InChI=1S/C14H26N2O2/c1-2-5-15-6-8-16(9-7-15)11-14(12-17)4-3-10-18-13-14/h12H,2-11,13H2,1H3. The van der Waals surface area contributed by atoms with E-state index < -0.39 is 0 Å². The third kappa shape index (κ3) is 3.53. The molecule has 2 fully saturated rings. The van der Waals surface area contributed by atoms with Gasteiger partial charge in [-0.3, -0.25) is 4.90 Å². The molecule has 2 aliphatic rings. The monoisotopic (exact) mass is 254 g/mol. The van der Waals surface area contributed by atoms with Crippen LogP contribution in [0.15, 0.2) is 0 Å². The van der Waals surface area contributed by atoms with Crippen LogP contribution in [0.5, 0.6) is 0 Å². The Balaban J connectivity index is 1.80. The molecular weight excluding hydrogens is 228 g/mol. The minimum absolute atomic E-state index is 0.231. The SMILES string of the molecule is CCCN1CCN(CC2(C=O)CCCOC2)CC1. The van der Waals surface area contributed by atoms with Crippen LogP contribution in [0.4, 0.5) is 0 Å². The van der Waals surface area contributed by atoms with Gasteiger partial charge in [0.15, 0.2) is 0 Å². The van der Waals surface area contributed by atoms with Gasteiger partial charge in [0.05, 0.1) is 12.0 Å². The summed E-state index contributed by atoms with van der Waals surface area (Å²) in [7, 11) is 0. The summed E-state index contributed by atoms with van der Waals surface area (Å²) in [6.45, 7) is 10.2. The number of carbonyl (C=O) groups excluding carboxylic acids is 1. The number of aldehydes is 1. The Morgan fingerprint density at radius 1 is 1.22 bits per heavy atom. The summed E-state index contributed by atoms with van der Waals surface area (Å²) in [6, 6.07) is 0. The zero-order chi connectivity index (χ0) is 12.8. The molecule has 1 atom stereocenters. The van der Waals surface area contributed by atoms with Crippen LogP contribution >= 0.6 is 0 Å². The molecule has 0 saturated carbocycles. The lowest BCUT2D eigenvalue weighted by molar-refractivity contribution is -0.126. The van der Waals surface area contributed by atoms with Crippen molar-refractivity contribution < 1.29 is 9.53 Å². The van der Waals surface area contributed by atoms with Crippen molar-refractivity contribution in [3.8, 4) is 0 Å². The highest BCUT2D eigenvalue weighted by molar-refractivity contribution is 5.60.